The Balaban J connectivity index is 1.32. The summed E-state index contributed by atoms with van der Waals surface area (Å²) in [6.45, 7) is 4.29. The fourth-order valence-corrected chi connectivity index (χ4v) is 7.66. The molecule has 5 nitrogen and oxygen atoms in total. The highest BCUT2D eigenvalue weighted by Gasteiger charge is 2.27. The number of nitrogens with zero attached hydrogens (tertiary/aromatic N) is 4. The van der Waals surface area contributed by atoms with E-state index in [1.165, 1.54) is 16.3 Å². The Labute approximate surface area is 282 Å². The summed E-state index contributed by atoms with van der Waals surface area (Å²) in [6.07, 6.45) is 0. The van der Waals surface area contributed by atoms with Gasteiger partial charge >= 0.3 is 0 Å². The number of pyridine rings is 2. The number of anilines is 3. The van der Waals surface area contributed by atoms with E-state index < -0.39 is 0 Å². The van der Waals surface area contributed by atoms with Crippen LogP contribution in [0.25, 0.3) is 71.8 Å². The molecule has 232 valence electrons. The van der Waals surface area contributed by atoms with Gasteiger partial charge in [0, 0.05) is 33.4 Å². The Kier molecular flexibility index (Phi) is 5.94. The first-order valence-corrected chi connectivity index (χ1v) is 16.6. The minimum atomic E-state index is 0.740. The number of fused-ring (bicyclic) bond motifs is 8. The lowest BCUT2D eigenvalue weighted by Gasteiger charge is -2.27. The highest BCUT2D eigenvalue weighted by atomic mass is 16.3. The van der Waals surface area contributed by atoms with Crippen LogP contribution in [0, 0.1) is 13.8 Å². The third-order valence-electron chi connectivity index (χ3n) is 9.77. The van der Waals surface area contributed by atoms with Crippen LogP contribution in [0.3, 0.4) is 0 Å². The zero-order valence-corrected chi connectivity index (χ0v) is 27.1. The summed E-state index contributed by atoms with van der Waals surface area (Å²) in [5.41, 5.74) is 12.2. The normalized spacial score (nSPS) is 11.9. The monoisotopic (exact) mass is 630 g/mol. The molecular formula is C44H30N4O. The SMILES string of the molecule is Cc1cccc(C)c1N(c1cccc(-c2ccccc2)n1)c1cc2oc3c4cccc5c6ccccc6n(c54)c3c2c(-c2ccccc2)n1. The summed E-state index contributed by atoms with van der Waals surface area (Å²) >= 11 is 0. The second kappa shape index (κ2) is 10.5. The van der Waals surface area contributed by atoms with Crippen molar-refractivity contribution in [1.82, 2.24) is 14.4 Å². The first-order valence-electron chi connectivity index (χ1n) is 16.6. The van der Waals surface area contributed by atoms with E-state index in [0.717, 1.165) is 83.9 Å². The van der Waals surface area contributed by atoms with Gasteiger partial charge in [0.1, 0.15) is 22.7 Å². The van der Waals surface area contributed by atoms with Crippen LogP contribution in [0.4, 0.5) is 17.3 Å². The molecule has 5 heterocycles. The third kappa shape index (κ3) is 4.06. The number of rotatable bonds is 5. The van der Waals surface area contributed by atoms with Crippen LogP contribution in [-0.4, -0.2) is 14.4 Å². The standard InChI is InChI=1S/C44H30N4O/c1-27-14-11-15-28(2)41(27)48(37-25-13-23-34(45-37)29-16-5-3-6-17-29)38-26-36-39(40(46-38)30-18-7-4-8-19-30)43-44(49-36)33-22-12-21-32-31-20-9-10-24-35(31)47(43)42(32)33/h3-26H,1-2H3. The second-order valence-electron chi connectivity index (χ2n) is 12.7. The van der Waals surface area contributed by atoms with Crippen LogP contribution in [0.1, 0.15) is 11.1 Å². The lowest BCUT2D eigenvalue weighted by atomic mass is 10.1. The van der Waals surface area contributed by atoms with Crippen LogP contribution in [0.5, 0.6) is 0 Å². The predicted octanol–water partition coefficient (Wildman–Crippen LogP) is 11.8. The summed E-state index contributed by atoms with van der Waals surface area (Å²) in [7, 11) is 0. The third-order valence-corrected chi connectivity index (χ3v) is 9.77. The van der Waals surface area contributed by atoms with Crippen molar-refractivity contribution in [2.75, 3.05) is 4.90 Å². The molecule has 0 aliphatic carbocycles. The van der Waals surface area contributed by atoms with Gasteiger partial charge in [0.05, 0.1) is 33.5 Å². The molecule has 5 aromatic heterocycles. The number of hydrogen-bond donors (Lipinski definition) is 0. The number of para-hydroxylation sites is 3. The number of hydrogen-bond acceptors (Lipinski definition) is 4. The molecule has 0 unspecified atom stereocenters. The molecule has 0 amide bonds. The minimum absolute atomic E-state index is 0.740. The molecule has 0 saturated heterocycles. The van der Waals surface area contributed by atoms with Crippen molar-refractivity contribution in [3.8, 4) is 22.5 Å². The van der Waals surface area contributed by atoms with Crippen molar-refractivity contribution in [2.45, 2.75) is 13.8 Å². The van der Waals surface area contributed by atoms with E-state index in [1.807, 2.05) is 24.3 Å². The topological polar surface area (TPSA) is 46.6 Å². The van der Waals surface area contributed by atoms with E-state index in [4.69, 9.17) is 14.4 Å². The van der Waals surface area contributed by atoms with Gasteiger partial charge in [0.25, 0.3) is 0 Å². The molecule has 0 atom stereocenters. The predicted molar refractivity (Wildman–Crippen MR) is 201 cm³/mol. The van der Waals surface area contributed by atoms with E-state index in [-0.39, 0.29) is 0 Å². The van der Waals surface area contributed by atoms with Gasteiger partial charge in [-0.1, -0.05) is 115 Å². The molecule has 0 saturated carbocycles. The molecule has 0 bridgehead atoms. The molecule has 0 N–H and O–H groups in total. The molecule has 0 fully saturated rings. The van der Waals surface area contributed by atoms with Crippen molar-refractivity contribution in [2.24, 2.45) is 0 Å². The molecule has 5 heteroatoms. The van der Waals surface area contributed by atoms with Gasteiger partial charge in [-0.25, -0.2) is 9.97 Å². The number of benzene rings is 5. The Morgan fingerprint density at radius 1 is 0.551 bits per heavy atom. The van der Waals surface area contributed by atoms with Crippen LogP contribution >= 0.6 is 0 Å². The summed E-state index contributed by atoms with van der Waals surface area (Å²) in [5, 5.41) is 4.56. The van der Waals surface area contributed by atoms with Crippen molar-refractivity contribution in [3.05, 3.63) is 157 Å². The fraction of sp³-hybridized carbons (Fsp3) is 0.0455. The summed E-state index contributed by atoms with van der Waals surface area (Å²) < 4.78 is 9.34. The molecular weight excluding hydrogens is 601 g/mol. The molecule has 0 aliphatic rings. The largest absolute Gasteiger partial charge is 0.453 e. The van der Waals surface area contributed by atoms with Crippen molar-refractivity contribution in [3.63, 3.8) is 0 Å². The quantitative estimate of drug-likeness (QED) is 0.190. The minimum Gasteiger partial charge on any atom is -0.453 e. The zero-order valence-electron chi connectivity index (χ0n) is 27.1. The van der Waals surface area contributed by atoms with E-state index in [9.17, 15) is 0 Å². The van der Waals surface area contributed by atoms with Gasteiger partial charge in [-0.3, -0.25) is 4.90 Å². The molecule has 10 rings (SSSR count). The van der Waals surface area contributed by atoms with Gasteiger partial charge in [0.15, 0.2) is 5.58 Å². The van der Waals surface area contributed by atoms with E-state index in [2.05, 4.69) is 144 Å². The van der Waals surface area contributed by atoms with Crippen molar-refractivity contribution in [1.29, 1.82) is 0 Å². The fourth-order valence-electron chi connectivity index (χ4n) is 7.66. The van der Waals surface area contributed by atoms with E-state index >= 15 is 0 Å². The zero-order chi connectivity index (χ0) is 32.6. The molecule has 0 radical (unpaired) electrons. The van der Waals surface area contributed by atoms with Crippen molar-refractivity contribution < 1.29 is 4.42 Å². The lowest BCUT2D eigenvalue weighted by molar-refractivity contribution is 0.672. The maximum Gasteiger partial charge on any atom is 0.161 e. The first kappa shape index (κ1) is 27.6. The summed E-state index contributed by atoms with van der Waals surface area (Å²) in [5.74, 6) is 1.52. The average molecular weight is 631 g/mol. The highest BCUT2D eigenvalue weighted by molar-refractivity contribution is 6.27. The Morgan fingerprint density at radius 3 is 2.00 bits per heavy atom. The van der Waals surface area contributed by atoms with Crippen LogP contribution in [0.15, 0.2) is 150 Å². The average Bonchev–Trinajstić information content (AvgIpc) is 3.79. The van der Waals surface area contributed by atoms with Crippen LogP contribution in [0.2, 0.25) is 0 Å². The molecule has 49 heavy (non-hydrogen) atoms. The van der Waals surface area contributed by atoms with E-state index in [1.54, 1.807) is 0 Å². The maximum absolute atomic E-state index is 6.96. The lowest BCUT2D eigenvalue weighted by Crippen LogP contribution is -2.16. The second-order valence-corrected chi connectivity index (χ2v) is 12.7. The molecule has 0 spiro atoms. The Bertz CT molecular complexity index is 2830. The van der Waals surface area contributed by atoms with Crippen LogP contribution in [-0.2, 0) is 0 Å². The Morgan fingerprint density at radius 2 is 1.20 bits per heavy atom. The van der Waals surface area contributed by atoms with Gasteiger partial charge in [-0.05, 0) is 49.2 Å². The molecule has 5 aromatic carbocycles. The molecule has 0 aliphatic heterocycles. The number of furan rings is 1. The maximum atomic E-state index is 6.96. The van der Waals surface area contributed by atoms with E-state index in [0.29, 0.717) is 0 Å². The highest BCUT2D eigenvalue weighted by Crippen LogP contribution is 2.47. The smallest absolute Gasteiger partial charge is 0.161 e. The van der Waals surface area contributed by atoms with Gasteiger partial charge in [-0.15, -0.1) is 0 Å². The van der Waals surface area contributed by atoms with Crippen molar-refractivity contribution >= 4 is 66.6 Å². The van der Waals surface area contributed by atoms with Gasteiger partial charge < -0.3 is 8.82 Å². The van der Waals surface area contributed by atoms with Gasteiger partial charge in [0.2, 0.25) is 0 Å². The Hall–Kier alpha value is -6.46. The summed E-state index contributed by atoms with van der Waals surface area (Å²) in [4.78, 5) is 13.0. The van der Waals surface area contributed by atoms with Crippen LogP contribution < -0.4 is 4.90 Å². The molecule has 10 aromatic rings. The summed E-state index contributed by atoms with van der Waals surface area (Å²) in [6, 6.07) is 50.6. The van der Waals surface area contributed by atoms with Gasteiger partial charge in [-0.2, -0.15) is 0 Å². The first-order chi connectivity index (χ1) is 24.2. The number of aromatic nitrogens is 3. The number of aryl methyl sites for hydroxylation is 2.